The number of benzene rings is 1. The lowest BCUT2D eigenvalue weighted by molar-refractivity contribution is -0.134. The lowest BCUT2D eigenvalue weighted by Gasteiger charge is -2.34. The molecule has 1 N–H and O–H groups in total. The van der Waals surface area contributed by atoms with Gasteiger partial charge in [0.1, 0.15) is 0 Å². The van der Waals surface area contributed by atoms with E-state index in [1.165, 1.54) is 0 Å². The van der Waals surface area contributed by atoms with Crippen LogP contribution in [0.1, 0.15) is 18.1 Å². The molecular formula is C18H25N3O4. The Morgan fingerprint density at radius 1 is 1.04 bits per heavy atom. The molecule has 0 radical (unpaired) electrons. The Morgan fingerprint density at radius 3 is 2.24 bits per heavy atom. The topological polar surface area (TPSA) is 79.0 Å². The largest absolute Gasteiger partial charge is 0.450 e. The highest BCUT2D eigenvalue weighted by Gasteiger charge is 2.24. The van der Waals surface area contributed by atoms with Crippen LogP contribution in [0.2, 0.25) is 0 Å². The van der Waals surface area contributed by atoms with E-state index in [9.17, 15) is 14.4 Å². The van der Waals surface area contributed by atoms with Crippen molar-refractivity contribution in [1.29, 1.82) is 0 Å². The Labute approximate surface area is 147 Å². The standard InChI is InChI=1S/C18H25N3O4/c1-3-25-18(24)21-10-8-20(9-11-21)17(23)13-19-16(22)12-15-6-4-14(2)5-7-15/h4-7H,3,8-13H2,1-2H3,(H,19,22). The molecule has 3 amide bonds. The summed E-state index contributed by atoms with van der Waals surface area (Å²) in [6.07, 6.45) is -0.0921. The van der Waals surface area contributed by atoms with Crippen LogP contribution in [0.25, 0.3) is 0 Å². The Hall–Kier alpha value is -2.57. The van der Waals surface area contributed by atoms with Gasteiger partial charge in [-0.05, 0) is 19.4 Å². The maximum absolute atomic E-state index is 12.2. The first-order valence-corrected chi connectivity index (χ1v) is 8.51. The van der Waals surface area contributed by atoms with E-state index in [4.69, 9.17) is 4.74 Å². The van der Waals surface area contributed by atoms with E-state index in [-0.39, 0.29) is 30.9 Å². The van der Waals surface area contributed by atoms with E-state index >= 15 is 0 Å². The second kappa shape index (κ2) is 9.05. The number of ether oxygens (including phenoxy) is 1. The monoisotopic (exact) mass is 347 g/mol. The van der Waals surface area contributed by atoms with Crippen LogP contribution in [0.15, 0.2) is 24.3 Å². The summed E-state index contributed by atoms with van der Waals surface area (Å²) >= 11 is 0. The minimum absolute atomic E-state index is 0.0237. The summed E-state index contributed by atoms with van der Waals surface area (Å²) in [7, 11) is 0. The summed E-state index contributed by atoms with van der Waals surface area (Å²) in [6.45, 7) is 5.86. The van der Waals surface area contributed by atoms with Gasteiger partial charge in [-0.15, -0.1) is 0 Å². The first-order chi connectivity index (χ1) is 12.0. The third kappa shape index (κ3) is 5.77. The van der Waals surface area contributed by atoms with Crippen LogP contribution >= 0.6 is 0 Å². The van der Waals surface area contributed by atoms with E-state index < -0.39 is 0 Å². The minimum atomic E-state index is -0.346. The van der Waals surface area contributed by atoms with E-state index in [1.807, 2.05) is 31.2 Å². The molecule has 0 atom stereocenters. The molecule has 0 unspecified atom stereocenters. The number of rotatable bonds is 5. The molecule has 0 saturated carbocycles. The second-order valence-electron chi connectivity index (χ2n) is 6.01. The van der Waals surface area contributed by atoms with Crippen LogP contribution in [0.5, 0.6) is 0 Å². The van der Waals surface area contributed by atoms with Crippen molar-refractivity contribution in [3.63, 3.8) is 0 Å². The van der Waals surface area contributed by atoms with Crippen molar-refractivity contribution < 1.29 is 19.1 Å². The van der Waals surface area contributed by atoms with Crippen LogP contribution in [0.3, 0.4) is 0 Å². The molecule has 1 saturated heterocycles. The summed E-state index contributed by atoms with van der Waals surface area (Å²) in [6, 6.07) is 7.73. The zero-order valence-electron chi connectivity index (χ0n) is 14.8. The van der Waals surface area contributed by atoms with Gasteiger partial charge in [-0.3, -0.25) is 9.59 Å². The number of nitrogens with one attached hydrogen (secondary N) is 1. The maximum atomic E-state index is 12.2. The smallest absolute Gasteiger partial charge is 0.409 e. The van der Waals surface area contributed by atoms with Crippen molar-refractivity contribution in [2.75, 3.05) is 39.3 Å². The van der Waals surface area contributed by atoms with Gasteiger partial charge in [-0.1, -0.05) is 29.8 Å². The molecule has 1 aliphatic rings. The number of carbonyl (C=O) groups excluding carboxylic acids is 3. The number of amides is 3. The Bertz CT molecular complexity index is 607. The quantitative estimate of drug-likeness (QED) is 0.860. The predicted molar refractivity (Wildman–Crippen MR) is 93.1 cm³/mol. The van der Waals surface area contributed by atoms with Crippen molar-refractivity contribution >= 4 is 17.9 Å². The van der Waals surface area contributed by atoms with Crippen LogP contribution in [-0.2, 0) is 20.7 Å². The van der Waals surface area contributed by atoms with Gasteiger partial charge in [0.25, 0.3) is 0 Å². The summed E-state index contributed by atoms with van der Waals surface area (Å²) < 4.78 is 4.95. The molecule has 0 spiro atoms. The zero-order valence-corrected chi connectivity index (χ0v) is 14.8. The maximum Gasteiger partial charge on any atom is 0.409 e. The normalized spacial score (nSPS) is 14.2. The number of nitrogens with zero attached hydrogens (tertiary/aromatic N) is 2. The molecule has 0 aromatic heterocycles. The highest BCUT2D eigenvalue weighted by molar-refractivity contribution is 5.85. The van der Waals surface area contributed by atoms with E-state index in [2.05, 4.69) is 5.32 Å². The van der Waals surface area contributed by atoms with E-state index in [0.717, 1.165) is 11.1 Å². The highest BCUT2D eigenvalue weighted by atomic mass is 16.6. The summed E-state index contributed by atoms with van der Waals surface area (Å²) in [5, 5.41) is 2.66. The molecule has 7 nitrogen and oxygen atoms in total. The van der Waals surface area contributed by atoms with Gasteiger partial charge in [0.05, 0.1) is 19.6 Å². The van der Waals surface area contributed by atoms with Crippen molar-refractivity contribution in [2.45, 2.75) is 20.3 Å². The molecule has 1 heterocycles. The number of piperazine rings is 1. The van der Waals surface area contributed by atoms with Crippen LogP contribution < -0.4 is 5.32 Å². The molecule has 1 aromatic carbocycles. The van der Waals surface area contributed by atoms with Gasteiger partial charge in [0.2, 0.25) is 11.8 Å². The van der Waals surface area contributed by atoms with Crippen LogP contribution in [0, 0.1) is 6.92 Å². The Kier molecular flexibility index (Phi) is 6.80. The van der Waals surface area contributed by atoms with Gasteiger partial charge in [-0.2, -0.15) is 0 Å². The molecule has 1 fully saturated rings. The molecule has 1 aliphatic heterocycles. The minimum Gasteiger partial charge on any atom is -0.450 e. The summed E-state index contributed by atoms with van der Waals surface area (Å²) in [4.78, 5) is 39.0. The van der Waals surface area contributed by atoms with Gasteiger partial charge in [0.15, 0.2) is 0 Å². The fraction of sp³-hybridized carbons (Fsp3) is 0.500. The average molecular weight is 347 g/mol. The molecule has 136 valence electrons. The first-order valence-electron chi connectivity index (χ1n) is 8.51. The molecule has 0 bridgehead atoms. The molecule has 7 heteroatoms. The third-order valence-corrected chi connectivity index (χ3v) is 4.08. The van der Waals surface area contributed by atoms with Crippen molar-refractivity contribution in [2.24, 2.45) is 0 Å². The van der Waals surface area contributed by atoms with Gasteiger partial charge in [-0.25, -0.2) is 4.79 Å². The van der Waals surface area contributed by atoms with E-state index in [0.29, 0.717) is 32.8 Å². The van der Waals surface area contributed by atoms with Crippen molar-refractivity contribution in [3.05, 3.63) is 35.4 Å². The Morgan fingerprint density at radius 2 is 1.64 bits per heavy atom. The van der Waals surface area contributed by atoms with Crippen LogP contribution in [0.4, 0.5) is 4.79 Å². The molecular weight excluding hydrogens is 322 g/mol. The number of hydrogen-bond donors (Lipinski definition) is 1. The van der Waals surface area contributed by atoms with Gasteiger partial charge < -0.3 is 19.9 Å². The van der Waals surface area contributed by atoms with Gasteiger partial charge in [0, 0.05) is 26.2 Å². The van der Waals surface area contributed by atoms with E-state index in [1.54, 1.807) is 16.7 Å². The summed E-state index contributed by atoms with van der Waals surface area (Å²) in [5.41, 5.74) is 2.06. The Balaban J connectivity index is 1.71. The number of aryl methyl sites for hydroxylation is 1. The average Bonchev–Trinajstić information content (AvgIpc) is 2.62. The molecule has 2 rings (SSSR count). The molecule has 25 heavy (non-hydrogen) atoms. The highest BCUT2D eigenvalue weighted by Crippen LogP contribution is 2.05. The number of hydrogen-bond acceptors (Lipinski definition) is 4. The van der Waals surface area contributed by atoms with Crippen LogP contribution in [-0.4, -0.2) is 67.0 Å². The third-order valence-electron chi connectivity index (χ3n) is 4.08. The lowest BCUT2D eigenvalue weighted by Crippen LogP contribution is -2.52. The van der Waals surface area contributed by atoms with Gasteiger partial charge >= 0.3 is 6.09 Å². The predicted octanol–water partition coefficient (Wildman–Crippen LogP) is 0.954. The first kappa shape index (κ1) is 18.8. The summed E-state index contributed by atoms with van der Waals surface area (Å²) in [5.74, 6) is -0.317. The SMILES string of the molecule is CCOC(=O)N1CCN(C(=O)CNC(=O)Cc2ccc(C)cc2)CC1. The zero-order chi connectivity index (χ0) is 18.2. The molecule has 1 aromatic rings. The lowest BCUT2D eigenvalue weighted by atomic mass is 10.1. The fourth-order valence-electron chi connectivity index (χ4n) is 2.59. The fourth-order valence-corrected chi connectivity index (χ4v) is 2.59. The molecule has 0 aliphatic carbocycles. The van der Waals surface area contributed by atoms with Crippen molar-refractivity contribution in [1.82, 2.24) is 15.1 Å². The van der Waals surface area contributed by atoms with Crippen molar-refractivity contribution in [3.8, 4) is 0 Å². The second-order valence-corrected chi connectivity index (χ2v) is 6.01. The number of carbonyl (C=O) groups is 3.